The van der Waals surface area contributed by atoms with Crippen LogP contribution in [-0.4, -0.2) is 34.5 Å². The molecule has 1 aliphatic rings. The van der Waals surface area contributed by atoms with Crippen molar-refractivity contribution in [3.8, 4) is 5.75 Å². The zero-order valence-electron chi connectivity index (χ0n) is 11.6. The van der Waals surface area contributed by atoms with E-state index in [1.807, 2.05) is 0 Å². The summed E-state index contributed by atoms with van der Waals surface area (Å²) in [6.45, 7) is 5.20. The number of phenolic OH excluding ortho intramolecular Hbond substituents is 1. The summed E-state index contributed by atoms with van der Waals surface area (Å²) in [5.74, 6) is 0.0951. The summed E-state index contributed by atoms with van der Waals surface area (Å²) in [7, 11) is 0. The second-order valence-electron chi connectivity index (χ2n) is 5.35. The van der Waals surface area contributed by atoms with Crippen molar-refractivity contribution in [1.29, 1.82) is 0 Å². The van der Waals surface area contributed by atoms with Crippen LogP contribution < -0.4 is 5.32 Å². The number of amides is 1. The van der Waals surface area contributed by atoms with Crippen LogP contribution in [0.15, 0.2) is 24.3 Å². The molecule has 0 spiro atoms. The Hall–Kier alpha value is -1.55. The lowest BCUT2D eigenvalue weighted by atomic mass is 9.99. The van der Waals surface area contributed by atoms with Gasteiger partial charge in [-0.3, -0.25) is 9.69 Å². The monoisotopic (exact) mass is 262 g/mol. The van der Waals surface area contributed by atoms with Crippen LogP contribution in [0.2, 0.25) is 0 Å². The van der Waals surface area contributed by atoms with E-state index < -0.39 is 0 Å². The van der Waals surface area contributed by atoms with Gasteiger partial charge in [-0.1, -0.05) is 18.6 Å². The summed E-state index contributed by atoms with van der Waals surface area (Å²) >= 11 is 0. The number of benzene rings is 1. The summed E-state index contributed by atoms with van der Waals surface area (Å²) in [5, 5.41) is 12.5. The molecule has 0 aliphatic carbocycles. The SMILES string of the molecule is CC(C)N1CCCCC1C(=O)Nc1ccccc1O. The summed E-state index contributed by atoms with van der Waals surface area (Å²) in [4.78, 5) is 14.6. The molecule has 1 atom stereocenters. The Morgan fingerprint density at radius 2 is 2.11 bits per heavy atom. The van der Waals surface area contributed by atoms with E-state index in [1.54, 1.807) is 24.3 Å². The second kappa shape index (κ2) is 6.06. The fraction of sp³-hybridized carbons (Fsp3) is 0.533. The van der Waals surface area contributed by atoms with Crippen LogP contribution >= 0.6 is 0 Å². The molecule has 1 amide bonds. The predicted molar refractivity (Wildman–Crippen MR) is 76.2 cm³/mol. The van der Waals surface area contributed by atoms with E-state index in [0.29, 0.717) is 11.7 Å². The average molecular weight is 262 g/mol. The number of likely N-dealkylation sites (tertiary alicyclic amines) is 1. The van der Waals surface area contributed by atoms with Crippen molar-refractivity contribution in [3.05, 3.63) is 24.3 Å². The fourth-order valence-electron chi connectivity index (χ4n) is 2.65. The highest BCUT2D eigenvalue weighted by molar-refractivity contribution is 5.96. The molecule has 1 saturated heterocycles. The molecule has 4 nitrogen and oxygen atoms in total. The normalized spacial score (nSPS) is 20.5. The quantitative estimate of drug-likeness (QED) is 0.823. The zero-order chi connectivity index (χ0) is 13.8. The Morgan fingerprint density at radius 3 is 2.79 bits per heavy atom. The standard InChI is InChI=1S/C15H22N2O2/c1-11(2)17-10-6-5-8-13(17)15(19)16-12-7-3-4-9-14(12)18/h3-4,7,9,11,13,18H,5-6,8,10H2,1-2H3,(H,16,19). The molecule has 1 aromatic rings. The highest BCUT2D eigenvalue weighted by Gasteiger charge is 2.30. The summed E-state index contributed by atoms with van der Waals surface area (Å²) in [6, 6.07) is 7.11. The minimum Gasteiger partial charge on any atom is -0.506 e. The number of nitrogens with one attached hydrogen (secondary N) is 1. The third-order valence-corrected chi connectivity index (χ3v) is 3.67. The minimum absolute atomic E-state index is 0.0186. The molecule has 1 heterocycles. The van der Waals surface area contributed by atoms with E-state index in [1.165, 1.54) is 0 Å². The highest BCUT2D eigenvalue weighted by Crippen LogP contribution is 2.25. The third-order valence-electron chi connectivity index (χ3n) is 3.67. The number of hydrogen-bond donors (Lipinski definition) is 2. The van der Waals surface area contributed by atoms with Crippen LogP contribution in [-0.2, 0) is 4.79 Å². The Bertz CT molecular complexity index is 446. The van der Waals surface area contributed by atoms with E-state index in [-0.39, 0.29) is 17.7 Å². The number of hydrogen-bond acceptors (Lipinski definition) is 3. The molecule has 0 radical (unpaired) electrons. The Morgan fingerprint density at radius 1 is 1.37 bits per heavy atom. The van der Waals surface area contributed by atoms with Crippen molar-refractivity contribution in [1.82, 2.24) is 4.90 Å². The number of para-hydroxylation sites is 2. The van der Waals surface area contributed by atoms with Gasteiger partial charge < -0.3 is 10.4 Å². The molecule has 1 aliphatic heterocycles. The molecule has 1 unspecified atom stereocenters. The van der Waals surface area contributed by atoms with Gasteiger partial charge in [0.05, 0.1) is 11.7 Å². The van der Waals surface area contributed by atoms with Gasteiger partial charge in [0.15, 0.2) is 0 Å². The number of nitrogens with zero attached hydrogens (tertiary/aromatic N) is 1. The number of rotatable bonds is 3. The van der Waals surface area contributed by atoms with Crippen LogP contribution in [0.25, 0.3) is 0 Å². The van der Waals surface area contributed by atoms with Gasteiger partial charge in [0.1, 0.15) is 5.75 Å². The summed E-state index contributed by atoms with van der Waals surface area (Å²) < 4.78 is 0. The first-order valence-electron chi connectivity index (χ1n) is 6.94. The third kappa shape index (κ3) is 3.26. The number of carbonyl (C=O) groups excluding carboxylic acids is 1. The van der Waals surface area contributed by atoms with Crippen LogP contribution in [0.1, 0.15) is 33.1 Å². The van der Waals surface area contributed by atoms with Crippen molar-refractivity contribution >= 4 is 11.6 Å². The van der Waals surface area contributed by atoms with Crippen molar-refractivity contribution in [2.75, 3.05) is 11.9 Å². The smallest absolute Gasteiger partial charge is 0.241 e. The molecule has 2 rings (SSSR count). The van der Waals surface area contributed by atoms with Gasteiger partial charge in [0.2, 0.25) is 5.91 Å². The average Bonchev–Trinajstić information content (AvgIpc) is 2.41. The van der Waals surface area contributed by atoms with Crippen LogP contribution in [0.3, 0.4) is 0 Å². The maximum Gasteiger partial charge on any atom is 0.241 e. The Labute approximate surface area is 114 Å². The van der Waals surface area contributed by atoms with E-state index in [9.17, 15) is 9.90 Å². The van der Waals surface area contributed by atoms with E-state index in [2.05, 4.69) is 24.1 Å². The van der Waals surface area contributed by atoms with Gasteiger partial charge in [0, 0.05) is 6.04 Å². The number of piperidine rings is 1. The van der Waals surface area contributed by atoms with Gasteiger partial charge in [-0.05, 0) is 45.4 Å². The Kier molecular flexibility index (Phi) is 4.43. The second-order valence-corrected chi connectivity index (χ2v) is 5.35. The van der Waals surface area contributed by atoms with Crippen LogP contribution in [0.4, 0.5) is 5.69 Å². The number of carbonyl (C=O) groups is 1. The highest BCUT2D eigenvalue weighted by atomic mass is 16.3. The lowest BCUT2D eigenvalue weighted by molar-refractivity contribution is -0.123. The fourth-order valence-corrected chi connectivity index (χ4v) is 2.65. The predicted octanol–water partition coefficient (Wildman–Crippen LogP) is 2.59. The molecule has 0 saturated carbocycles. The molecular formula is C15H22N2O2. The van der Waals surface area contributed by atoms with Crippen molar-refractivity contribution in [3.63, 3.8) is 0 Å². The number of anilines is 1. The molecule has 2 N–H and O–H groups in total. The first-order chi connectivity index (χ1) is 9.09. The van der Waals surface area contributed by atoms with Crippen molar-refractivity contribution in [2.45, 2.75) is 45.2 Å². The lowest BCUT2D eigenvalue weighted by Gasteiger charge is -2.37. The van der Waals surface area contributed by atoms with Crippen molar-refractivity contribution < 1.29 is 9.90 Å². The van der Waals surface area contributed by atoms with E-state index in [0.717, 1.165) is 25.8 Å². The largest absolute Gasteiger partial charge is 0.506 e. The molecule has 4 heteroatoms. The molecule has 1 fully saturated rings. The molecule has 19 heavy (non-hydrogen) atoms. The zero-order valence-corrected chi connectivity index (χ0v) is 11.6. The molecular weight excluding hydrogens is 240 g/mol. The molecule has 104 valence electrons. The maximum atomic E-state index is 12.4. The maximum absolute atomic E-state index is 12.4. The van der Waals surface area contributed by atoms with Gasteiger partial charge in [-0.2, -0.15) is 0 Å². The summed E-state index contributed by atoms with van der Waals surface area (Å²) in [6.07, 6.45) is 3.12. The minimum atomic E-state index is -0.0895. The van der Waals surface area contributed by atoms with E-state index >= 15 is 0 Å². The first-order valence-corrected chi connectivity index (χ1v) is 6.94. The number of phenols is 1. The van der Waals surface area contributed by atoms with Gasteiger partial charge in [-0.15, -0.1) is 0 Å². The molecule has 1 aromatic carbocycles. The number of aromatic hydroxyl groups is 1. The first kappa shape index (κ1) is 13.9. The van der Waals surface area contributed by atoms with E-state index in [4.69, 9.17) is 0 Å². The summed E-state index contributed by atoms with van der Waals surface area (Å²) in [5.41, 5.74) is 0.488. The molecule has 0 aromatic heterocycles. The van der Waals surface area contributed by atoms with Crippen molar-refractivity contribution in [2.24, 2.45) is 0 Å². The van der Waals surface area contributed by atoms with Crippen LogP contribution in [0.5, 0.6) is 5.75 Å². The van der Waals surface area contributed by atoms with Gasteiger partial charge in [0.25, 0.3) is 0 Å². The molecule has 0 bridgehead atoms. The topological polar surface area (TPSA) is 52.6 Å². The lowest BCUT2D eigenvalue weighted by Crippen LogP contribution is -2.50. The Balaban J connectivity index is 2.08. The van der Waals surface area contributed by atoms with Gasteiger partial charge >= 0.3 is 0 Å². The van der Waals surface area contributed by atoms with Gasteiger partial charge in [-0.25, -0.2) is 0 Å². The van der Waals surface area contributed by atoms with Crippen LogP contribution in [0, 0.1) is 0 Å².